The van der Waals surface area contributed by atoms with Gasteiger partial charge in [-0.25, -0.2) is 0 Å². The van der Waals surface area contributed by atoms with E-state index in [0.29, 0.717) is 30.2 Å². The zero-order chi connectivity index (χ0) is 25.8. The largest absolute Gasteiger partial charge is 0.508 e. The van der Waals surface area contributed by atoms with E-state index in [0.717, 1.165) is 35.1 Å². The fourth-order valence-electron chi connectivity index (χ4n) is 7.73. The van der Waals surface area contributed by atoms with Crippen LogP contribution in [0.25, 0.3) is 10.9 Å². The van der Waals surface area contributed by atoms with Gasteiger partial charge in [-0.05, 0) is 74.0 Å². The third-order valence-corrected chi connectivity index (χ3v) is 9.65. The van der Waals surface area contributed by atoms with E-state index in [4.69, 9.17) is 4.74 Å². The van der Waals surface area contributed by atoms with Gasteiger partial charge in [0.15, 0.2) is 17.6 Å². The second-order valence-electron chi connectivity index (χ2n) is 11.7. The third-order valence-electron chi connectivity index (χ3n) is 9.65. The number of aliphatic hydroxyl groups excluding tert-OH is 1. The topological polar surface area (TPSA) is 115 Å². The number of amides is 1. The highest BCUT2D eigenvalue weighted by Gasteiger charge is 2.73. The van der Waals surface area contributed by atoms with Crippen molar-refractivity contribution in [2.24, 2.45) is 5.92 Å². The molecule has 8 rings (SSSR count). The van der Waals surface area contributed by atoms with Gasteiger partial charge >= 0.3 is 0 Å². The van der Waals surface area contributed by atoms with Crippen LogP contribution in [-0.4, -0.2) is 61.9 Å². The summed E-state index contributed by atoms with van der Waals surface area (Å²) in [5, 5.41) is 38.8. The first-order valence-electron chi connectivity index (χ1n) is 13.5. The molecule has 5 aliphatic rings. The highest BCUT2D eigenvalue weighted by atomic mass is 16.5. The summed E-state index contributed by atoms with van der Waals surface area (Å²) < 4.78 is 6.28. The number of hydrogen-bond acceptors (Lipinski definition) is 7. The van der Waals surface area contributed by atoms with E-state index >= 15 is 0 Å². The number of ether oxygens (including phenoxy) is 1. The van der Waals surface area contributed by atoms with Gasteiger partial charge in [-0.1, -0.05) is 12.1 Å². The van der Waals surface area contributed by atoms with Gasteiger partial charge in [0.1, 0.15) is 5.76 Å². The lowest BCUT2D eigenvalue weighted by molar-refractivity contribution is -0.172. The number of carbonyl (C=O) groups excluding carboxylic acids is 1. The number of nitrogens with zero attached hydrogens (tertiary/aromatic N) is 2. The molecule has 2 fully saturated rings. The number of likely N-dealkylation sites (tertiary alicyclic amines) is 1. The number of nitrogens with one attached hydrogen (secondary N) is 1. The molecule has 2 aromatic carbocycles. The van der Waals surface area contributed by atoms with Crippen LogP contribution in [0.5, 0.6) is 11.5 Å². The normalized spacial score (nSPS) is 31.2. The molecule has 3 aromatic rings. The molecule has 8 nitrogen and oxygen atoms in total. The number of hydrogen-bond donors (Lipinski definition) is 4. The minimum Gasteiger partial charge on any atom is -0.508 e. The Morgan fingerprint density at radius 1 is 1.18 bits per heavy atom. The highest BCUT2D eigenvalue weighted by molar-refractivity contribution is 6.05. The number of aliphatic hydroxyl groups is 2. The fourth-order valence-corrected chi connectivity index (χ4v) is 7.73. The molecule has 4 atom stereocenters. The zero-order valence-electron chi connectivity index (χ0n) is 20.9. The maximum absolute atomic E-state index is 13.7. The second-order valence-corrected chi connectivity index (χ2v) is 11.7. The first kappa shape index (κ1) is 22.4. The van der Waals surface area contributed by atoms with E-state index in [-0.39, 0.29) is 29.5 Å². The molecule has 1 saturated carbocycles. The Hall–Kier alpha value is -3.62. The van der Waals surface area contributed by atoms with E-state index in [2.05, 4.69) is 15.2 Å². The zero-order valence-corrected chi connectivity index (χ0v) is 20.9. The summed E-state index contributed by atoms with van der Waals surface area (Å²) in [4.78, 5) is 20.4. The van der Waals surface area contributed by atoms with Crippen molar-refractivity contribution in [2.75, 3.05) is 18.4 Å². The van der Waals surface area contributed by atoms with Gasteiger partial charge in [0.25, 0.3) is 5.91 Å². The summed E-state index contributed by atoms with van der Waals surface area (Å²) in [7, 11) is 0. The van der Waals surface area contributed by atoms with Crippen LogP contribution in [0.2, 0.25) is 0 Å². The smallest absolute Gasteiger partial charge is 0.255 e. The predicted octanol–water partition coefficient (Wildman–Crippen LogP) is 3.57. The van der Waals surface area contributed by atoms with Gasteiger partial charge in [0.05, 0.1) is 22.1 Å². The lowest BCUT2D eigenvalue weighted by atomic mass is 9.49. The maximum atomic E-state index is 13.7. The molecular formula is C30H29N3O5. The first-order chi connectivity index (χ1) is 18.4. The minimum absolute atomic E-state index is 0.00249. The Morgan fingerprint density at radius 3 is 2.89 bits per heavy atom. The number of anilines is 1. The average Bonchev–Trinajstić information content (AvgIpc) is 3.65. The molecule has 1 spiro atoms. The van der Waals surface area contributed by atoms with Crippen molar-refractivity contribution in [3.05, 3.63) is 71.1 Å². The number of phenols is 1. The fraction of sp³-hybridized carbons (Fsp3) is 0.400. The van der Waals surface area contributed by atoms with Gasteiger partial charge in [-0.3, -0.25) is 14.7 Å². The molecule has 3 aliphatic carbocycles. The Bertz CT molecular complexity index is 1560. The second kappa shape index (κ2) is 7.48. The summed E-state index contributed by atoms with van der Waals surface area (Å²) in [5.41, 5.74) is 1.14. The molecule has 8 heteroatoms. The van der Waals surface area contributed by atoms with Crippen LogP contribution in [0.1, 0.15) is 36.8 Å². The third kappa shape index (κ3) is 2.82. The van der Waals surface area contributed by atoms with Crippen molar-refractivity contribution in [3.63, 3.8) is 0 Å². The number of phenolic OH excluding ortho intramolecular Hbond substituents is 1. The Morgan fingerprint density at radius 2 is 2.05 bits per heavy atom. The van der Waals surface area contributed by atoms with Crippen LogP contribution >= 0.6 is 0 Å². The Labute approximate surface area is 219 Å². The highest BCUT2D eigenvalue weighted by Crippen LogP contribution is 2.66. The summed E-state index contributed by atoms with van der Waals surface area (Å²) in [6, 6.07) is 12.6. The SMILES string of the molecule is O=C(Nc1ccc2ncccc2c1)C1=C(O)[C@@H]2Oc3c(O)ccc4c3[C@@]23CCN(CC2CC2)[C@H](C4)[C@]3(O)C1. The van der Waals surface area contributed by atoms with Crippen molar-refractivity contribution in [1.82, 2.24) is 9.88 Å². The maximum Gasteiger partial charge on any atom is 0.255 e. The molecule has 2 bridgehead atoms. The summed E-state index contributed by atoms with van der Waals surface area (Å²) in [6.45, 7) is 1.70. The summed E-state index contributed by atoms with van der Waals surface area (Å²) in [6.07, 6.45) is 4.41. The van der Waals surface area contributed by atoms with Crippen LogP contribution in [0, 0.1) is 5.92 Å². The van der Waals surface area contributed by atoms with Crippen LogP contribution in [0.4, 0.5) is 5.69 Å². The molecular weight excluding hydrogens is 482 g/mol. The van der Waals surface area contributed by atoms with Crippen LogP contribution in [0.3, 0.4) is 0 Å². The van der Waals surface area contributed by atoms with E-state index in [1.54, 1.807) is 18.3 Å². The lowest BCUT2D eigenvalue weighted by Crippen LogP contribution is -2.75. The van der Waals surface area contributed by atoms with Crippen molar-refractivity contribution in [3.8, 4) is 11.5 Å². The summed E-state index contributed by atoms with van der Waals surface area (Å²) >= 11 is 0. The molecule has 4 N–H and O–H groups in total. The Kier molecular flexibility index (Phi) is 4.41. The van der Waals surface area contributed by atoms with Crippen molar-refractivity contribution >= 4 is 22.5 Å². The molecule has 1 amide bonds. The van der Waals surface area contributed by atoms with E-state index in [1.165, 1.54) is 12.8 Å². The molecule has 2 aliphatic heterocycles. The minimum atomic E-state index is -1.33. The molecule has 0 unspecified atom stereocenters. The number of carbonyl (C=O) groups is 1. The monoisotopic (exact) mass is 511 g/mol. The number of pyridine rings is 1. The number of aromatic hydroxyl groups is 1. The van der Waals surface area contributed by atoms with Crippen LogP contribution in [-0.2, 0) is 16.6 Å². The van der Waals surface area contributed by atoms with Gasteiger partial charge in [0.2, 0.25) is 0 Å². The van der Waals surface area contributed by atoms with Crippen molar-refractivity contribution in [1.29, 1.82) is 0 Å². The first-order valence-corrected chi connectivity index (χ1v) is 13.5. The molecule has 1 aromatic heterocycles. The van der Waals surface area contributed by atoms with E-state index < -0.39 is 23.0 Å². The number of piperidine rings is 1. The molecule has 38 heavy (non-hydrogen) atoms. The van der Waals surface area contributed by atoms with Gasteiger partial charge in [-0.2, -0.15) is 0 Å². The molecule has 3 heterocycles. The van der Waals surface area contributed by atoms with E-state index in [1.807, 2.05) is 30.3 Å². The quantitative estimate of drug-likeness (QED) is 0.423. The van der Waals surface area contributed by atoms with Gasteiger partial charge in [0, 0.05) is 41.8 Å². The molecule has 1 saturated heterocycles. The standard InChI is InChI=1S/C30H29N3O5/c34-22-8-5-18-13-23-30(37)14-20(28(36)32-19-6-7-21-17(12-19)2-1-10-31-21)25(35)27-29(30,24(18)26(22)38-27)9-11-33(23)15-16-3-4-16/h1-2,5-8,10,12,16,23,27,34-35,37H,3-4,9,11,13-15H2,(H,32,36)/t23-,27+,29+,30-/m1/s1. The number of fused-ring (bicyclic) bond motifs is 1. The number of rotatable bonds is 4. The Balaban J connectivity index is 1.23. The number of benzene rings is 2. The van der Waals surface area contributed by atoms with Crippen LogP contribution < -0.4 is 10.1 Å². The van der Waals surface area contributed by atoms with Crippen LogP contribution in [0.15, 0.2) is 60.0 Å². The number of aromatic nitrogens is 1. The van der Waals surface area contributed by atoms with E-state index in [9.17, 15) is 20.1 Å². The predicted molar refractivity (Wildman–Crippen MR) is 140 cm³/mol. The van der Waals surface area contributed by atoms with Gasteiger partial charge in [-0.15, -0.1) is 0 Å². The molecule has 194 valence electrons. The lowest BCUT2D eigenvalue weighted by Gasteiger charge is -2.62. The van der Waals surface area contributed by atoms with Crippen molar-refractivity contribution < 1.29 is 24.9 Å². The summed E-state index contributed by atoms with van der Waals surface area (Å²) in [5.74, 6) is 0.355. The van der Waals surface area contributed by atoms with Gasteiger partial charge < -0.3 is 25.4 Å². The molecule has 0 radical (unpaired) electrons. The van der Waals surface area contributed by atoms with Crippen molar-refractivity contribution in [2.45, 2.75) is 55.3 Å². The average molecular weight is 512 g/mol.